The lowest BCUT2D eigenvalue weighted by atomic mass is 9.98. The summed E-state index contributed by atoms with van der Waals surface area (Å²) in [7, 11) is 1.89. The first-order valence-electron chi connectivity index (χ1n) is 4.80. The van der Waals surface area contributed by atoms with E-state index in [9.17, 15) is 0 Å². The summed E-state index contributed by atoms with van der Waals surface area (Å²) in [5.74, 6) is 0. The van der Waals surface area contributed by atoms with Gasteiger partial charge in [0.1, 0.15) is 0 Å². The highest BCUT2D eigenvalue weighted by Crippen LogP contribution is 2.22. The monoisotopic (exact) mass is 187 g/mol. The third-order valence-electron chi connectivity index (χ3n) is 2.35. The number of allylic oxidation sites excluding steroid dienone is 2. The second-order valence-corrected chi connectivity index (χ2v) is 3.25. The first-order valence-corrected chi connectivity index (χ1v) is 4.80. The maximum Gasteiger partial charge on any atom is 0.0340 e. The molecule has 0 aromatic heterocycles. The van der Waals surface area contributed by atoms with Gasteiger partial charge in [-0.3, -0.25) is 0 Å². The number of rotatable bonds is 3. The van der Waals surface area contributed by atoms with E-state index < -0.39 is 0 Å². The average molecular weight is 187 g/mol. The minimum atomic E-state index is 0.960. The van der Waals surface area contributed by atoms with Crippen molar-refractivity contribution in [2.24, 2.45) is 0 Å². The van der Waals surface area contributed by atoms with Gasteiger partial charge in [-0.05, 0) is 25.0 Å². The molecule has 74 valence electrons. The van der Waals surface area contributed by atoms with Crippen LogP contribution in [0.5, 0.6) is 0 Å². The highest BCUT2D eigenvalue weighted by atomic mass is 14.8. The fourth-order valence-corrected chi connectivity index (χ4v) is 1.50. The van der Waals surface area contributed by atoms with Crippen molar-refractivity contribution in [1.82, 2.24) is 5.32 Å². The van der Waals surface area contributed by atoms with Gasteiger partial charge in [-0.25, -0.2) is 0 Å². The summed E-state index contributed by atoms with van der Waals surface area (Å²) >= 11 is 0. The molecule has 0 fully saturated rings. The van der Waals surface area contributed by atoms with E-state index in [4.69, 9.17) is 0 Å². The van der Waals surface area contributed by atoms with Gasteiger partial charge in [-0.2, -0.15) is 0 Å². The Morgan fingerprint density at radius 3 is 2.50 bits per heavy atom. The Balaban J connectivity index is 3.15. The molecule has 0 atom stereocenters. The fourth-order valence-electron chi connectivity index (χ4n) is 1.50. The Labute approximate surface area is 86.2 Å². The highest BCUT2D eigenvalue weighted by molar-refractivity contribution is 5.79. The summed E-state index contributed by atoms with van der Waals surface area (Å²) in [6.07, 6.45) is 2.08. The summed E-state index contributed by atoms with van der Waals surface area (Å²) in [5, 5.41) is 3.08. The van der Waals surface area contributed by atoms with E-state index in [0.717, 1.165) is 5.70 Å². The second kappa shape index (κ2) is 4.66. The standard InChI is InChI=1S/C13H17N/c1-5-12(11(3)14-4)13-9-7-6-8-10(13)2/h5-9,14H,3H2,1-2,4H3/b12-5-. The quantitative estimate of drug-likeness (QED) is 0.717. The van der Waals surface area contributed by atoms with Crippen molar-refractivity contribution < 1.29 is 0 Å². The molecule has 1 heteroatoms. The van der Waals surface area contributed by atoms with Crippen LogP contribution in [0.2, 0.25) is 0 Å². The van der Waals surface area contributed by atoms with E-state index >= 15 is 0 Å². The van der Waals surface area contributed by atoms with Crippen molar-refractivity contribution in [1.29, 1.82) is 0 Å². The van der Waals surface area contributed by atoms with Gasteiger partial charge >= 0.3 is 0 Å². The lowest BCUT2D eigenvalue weighted by Crippen LogP contribution is -2.06. The molecule has 0 saturated carbocycles. The zero-order chi connectivity index (χ0) is 10.6. The predicted molar refractivity (Wildman–Crippen MR) is 63.0 cm³/mol. The Morgan fingerprint density at radius 2 is 2.00 bits per heavy atom. The Hall–Kier alpha value is -1.50. The normalized spacial score (nSPS) is 11.2. The minimum absolute atomic E-state index is 0.960. The van der Waals surface area contributed by atoms with Crippen LogP contribution in [0.4, 0.5) is 0 Å². The summed E-state index contributed by atoms with van der Waals surface area (Å²) in [6.45, 7) is 8.13. The lowest BCUT2D eigenvalue weighted by molar-refractivity contribution is 1.05. The highest BCUT2D eigenvalue weighted by Gasteiger charge is 2.05. The molecule has 0 radical (unpaired) electrons. The number of hydrogen-bond acceptors (Lipinski definition) is 1. The molecule has 0 amide bonds. The van der Waals surface area contributed by atoms with Crippen LogP contribution in [-0.2, 0) is 0 Å². The van der Waals surface area contributed by atoms with Crippen LogP contribution in [0.15, 0.2) is 42.6 Å². The van der Waals surface area contributed by atoms with Crippen LogP contribution in [0.25, 0.3) is 5.57 Å². The molecule has 1 aromatic rings. The summed E-state index contributed by atoms with van der Waals surface area (Å²) in [6, 6.07) is 8.33. The largest absolute Gasteiger partial charge is 0.388 e. The zero-order valence-corrected chi connectivity index (χ0v) is 9.09. The Morgan fingerprint density at radius 1 is 1.36 bits per heavy atom. The number of likely N-dealkylation sites (N-methyl/N-ethyl adjacent to an activating group) is 1. The minimum Gasteiger partial charge on any atom is -0.388 e. The molecule has 1 rings (SSSR count). The second-order valence-electron chi connectivity index (χ2n) is 3.25. The van der Waals surface area contributed by atoms with Gasteiger partial charge in [-0.1, -0.05) is 36.9 Å². The number of aryl methyl sites for hydroxylation is 1. The SMILES string of the molecule is C=C(NC)/C(=C/C)c1ccccc1C. The number of benzene rings is 1. The van der Waals surface area contributed by atoms with Crippen LogP contribution < -0.4 is 5.32 Å². The maximum atomic E-state index is 3.98. The van der Waals surface area contributed by atoms with Crippen LogP contribution in [0, 0.1) is 6.92 Å². The molecule has 0 spiro atoms. The molecule has 0 heterocycles. The van der Waals surface area contributed by atoms with Gasteiger partial charge in [0.2, 0.25) is 0 Å². The van der Waals surface area contributed by atoms with Crippen LogP contribution in [0.3, 0.4) is 0 Å². The van der Waals surface area contributed by atoms with Gasteiger partial charge in [0.05, 0.1) is 0 Å². The van der Waals surface area contributed by atoms with Crippen LogP contribution in [-0.4, -0.2) is 7.05 Å². The summed E-state index contributed by atoms with van der Waals surface area (Å²) in [4.78, 5) is 0. The third kappa shape index (κ3) is 2.05. The molecule has 1 nitrogen and oxygen atoms in total. The molecule has 0 bridgehead atoms. The van der Waals surface area contributed by atoms with Crippen molar-refractivity contribution in [2.75, 3.05) is 7.05 Å². The smallest absolute Gasteiger partial charge is 0.0340 e. The summed E-state index contributed by atoms with van der Waals surface area (Å²) in [5.41, 5.74) is 4.65. The molecular formula is C13H17N. The Kier molecular flexibility index (Phi) is 3.52. The van der Waals surface area contributed by atoms with E-state index in [-0.39, 0.29) is 0 Å². The molecule has 0 aliphatic carbocycles. The predicted octanol–water partition coefficient (Wildman–Crippen LogP) is 3.13. The zero-order valence-electron chi connectivity index (χ0n) is 9.09. The van der Waals surface area contributed by atoms with Crippen molar-refractivity contribution in [3.8, 4) is 0 Å². The average Bonchev–Trinajstić information content (AvgIpc) is 2.21. The number of hydrogen-bond donors (Lipinski definition) is 1. The molecule has 14 heavy (non-hydrogen) atoms. The van der Waals surface area contributed by atoms with Crippen LogP contribution >= 0.6 is 0 Å². The van der Waals surface area contributed by atoms with Crippen LogP contribution in [0.1, 0.15) is 18.1 Å². The van der Waals surface area contributed by atoms with E-state index in [1.807, 2.05) is 20.0 Å². The van der Waals surface area contributed by atoms with Crippen molar-refractivity contribution in [2.45, 2.75) is 13.8 Å². The fraction of sp³-hybridized carbons (Fsp3) is 0.231. The molecule has 1 aromatic carbocycles. The van der Waals surface area contributed by atoms with Gasteiger partial charge in [-0.15, -0.1) is 0 Å². The van der Waals surface area contributed by atoms with Crippen molar-refractivity contribution in [3.63, 3.8) is 0 Å². The van der Waals surface area contributed by atoms with Crippen molar-refractivity contribution >= 4 is 5.57 Å². The maximum absolute atomic E-state index is 3.98. The topological polar surface area (TPSA) is 12.0 Å². The van der Waals surface area contributed by atoms with Gasteiger partial charge in [0.25, 0.3) is 0 Å². The van der Waals surface area contributed by atoms with Gasteiger partial charge < -0.3 is 5.32 Å². The van der Waals surface area contributed by atoms with E-state index in [2.05, 4.69) is 43.1 Å². The Bertz CT molecular complexity index is 361. The molecule has 0 unspecified atom stereocenters. The van der Waals surface area contributed by atoms with Gasteiger partial charge in [0, 0.05) is 18.3 Å². The third-order valence-corrected chi connectivity index (χ3v) is 2.35. The lowest BCUT2D eigenvalue weighted by Gasteiger charge is -2.12. The number of nitrogens with one attached hydrogen (secondary N) is 1. The summed E-state index contributed by atoms with van der Waals surface area (Å²) < 4.78 is 0. The molecule has 1 N–H and O–H groups in total. The first-order chi connectivity index (χ1) is 6.70. The molecular weight excluding hydrogens is 170 g/mol. The van der Waals surface area contributed by atoms with E-state index in [1.54, 1.807) is 0 Å². The van der Waals surface area contributed by atoms with Gasteiger partial charge in [0.15, 0.2) is 0 Å². The molecule has 0 saturated heterocycles. The molecule has 0 aliphatic rings. The van der Waals surface area contributed by atoms with E-state index in [1.165, 1.54) is 16.7 Å². The van der Waals surface area contributed by atoms with E-state index in [0.29, 0.717) is 0 Å². The van der Waals surface area contributed by atoms with Crippen molar-refractivity contribution in [3.05, 3.63) is 53.7 Å². The molecule has 0 aliphatic heterocycles. The first kappa shape index (κ1) is 10.6.